The first-order valence-electron chi connectivity index (χ1n) is 17.7. The molecule has 0 aromatic heterocycles. The van der Waals surface area contributed by atoms with Crippen LogP contribution in [0.3, 0.4) is 0 Å². The van der Waals surface area contributed by atoms with Crippen LogP contribution in [0, 0.1) is 0 Å². The van der Waals surface area contributed by atoms with E-state index >= 15 is 0 Å². The fourth-order valence-corrected chi connectivity index (χ4v) is 7.88. The molecule has 49 heavy (non-hydrogen) atoms. The number of piperidine rings is 3. The maximum atomic E-state index is 13.7. The monoisotopic (exact) mass is 697 g/mol. The van der Waals surface area contributed by atoms with Gasteiger partial charge in [-0.25, -0.2) is 0 Å². The lowest BCUT2D eigenvalue weighted by Gasteiger charge is -2.45. The molecule has 12 heteroatoms. The molecule has 1 atom stereocenters. The molecule has 272 valence electrons. The topological polar surface area (TPSA) is 45.2 Å². The second-order valence-electron chi connectivity index (χ2n) is 13.7. The molecule has 0 bridgehead atoms. The van der Waals surface area contributed by atoms with Gasteiger partial charge in [0, 0.05) is 24.5 Å². The molecule has 0 aliphatic carbocycles. The molecule has 0 radical (unpaired) electrons. The van der Waals surface area contributed by atoms with Crippen molar-refractivity contribution in [2.45, 2.75) is 95.4 Å². The van der Waals surface area contributed by atoms with Gasteiger partial charge in [0.25, 0.3) is 0 Å². The van der Waals surface area contributed by atoms with Crippen LogP contribution in [-0.2, 0) is 29.0 Å². The quantitative estimate of drug-likeness (QED) is 0.223. The number of hydrogen-bond donors (Lipinski definition) is 0. The Morgan fingerprint density at radius 2 is 1.43 bits per heavy atom. The summed E-state index contributed by atoms with van der Waals surface area (Å²) in [6, 6.07) is 7.88. The summed E-state index contributed by atoms with van der Waals surface area (Å²) in [6.45, 7) is 10.5. The minimum Gasteiger partial charge on any atom is -0.490 e. The van der Waals surface area contributed by atoms with Gasteiger partial charge in [-0.2, -0.15) is 26.3 Å². The highest BCUT2D eigenvalue weighted by Crippen LogP contribution is 2.42. The van der Waals surface area contributed by atoms with Crippen molar-refractivity contribution in [3.8, 4) is 11.5 Å². The lowest BCUT2D eigenvalue weighted by atomic mass is 9.71. The molecular weight excluding hydrogens is 648 g/mol. The van der Waals surface area contributed by atoms with Gasteiger partial charge in [-0.3, -0.25) is 4.79 Å². The second kappa shape index (κ2) is 15.9. The van der Waals surface area contributed by atoms with Crippen molar-refractivity contribution in [1.29, 1.82) is 0 Å². The number of ether oxygens (including phenoxy) is 2. The van der Waals surface area contributed by atoms with Crippen LogP contribution in [0.25, 0.3) is 0 Å². The van der Waals surface area contributed by atoms with E-state index in [2.05, 4.69) is 9.80 Å². The Hall–Kier alpha value is -2.99. The van der Waals surface area contributed by atoms with Gasteiger partial charge in [-0.1, -0.05) is 12.5 Å². The Labute approximate surface area is 285 Å². The van der Waals surface area contributed by atoms with Crippen molar-refractivity contribution in [2.75, 3.05) is 59.0 Å². The zero-order chi connectivity index (χ0) is 35.2. The number of carbonyl (C=O) groups is 1. The third-order valence-corrected chi connectivity index (χ3v) is 10.5. The highest BCUT2D eigenvalue weighted by molar-refractivity contribution is 5.79. The first kappa shape index (κ1) is 37.3. The van der Waals surface area contributed by atoms with Crippen LogP contribution in [0.1, 0.15) is 87.5 Å². The zero-order valence-electron chi connectivity index (χ0n) is 28.6. The first-order chi connectivity index (χ1) is 23.3. The number of amides is 1. The van der Waals surface area contributed by atoms with Crippen molar-refractivity contribution in [3.05, 3.63) is 58.7 Å². The van der Waals surface area contributed by atoms with Gasteiger partial charge < -0.3 is 24.2 Å². The Morgan fingerprint density at radius 1 is 0.796 bits per heavy atom. The van der Waals surface area contributed by atoms with E-state index in [0.717, 1.165) is 50.9 Å². The highest BCUT2D eigenvalue weighted by atomic mass is 19.4. The van der Waals surface area contributed by atoms with Crippen LogP contribution < -0.4 is 9.47 Å². The Balaban J connectivity index is 1.37. The molecular formula is C37H49F6N3O3. The van der Waals surface area contributed by atoms with Crippen LogP contribution in [0.15, 0.2) is 36.4 Å². The SMILES string of the molecule is CCOc1ccc([C@@]2(CCN3CCC(N4CCCCC4)CC3)CCCN(C(=O)Cc3cc(C(F)(F)F)cc(C(F)(F)F)c3)C2)cc1OCC. The van der Waals surface area contributed by atoms with E-state index in [4.69, 9.17) is 9.47 Å². The molecule has 5 rings (SSSR count). The predicted molar refractivity (Wildman–Crippen MR) is 176 cm³/mol. The van der Waals surface area contributed by atoms with E-state index in [1.54, 1.807) is 4.90 Å². The molecule has 3 heterocycles. The molecule has 2 aromatic rings. The van der Waals surface area contributed by atoms with Crippen LogP contribution in [0.2, 0.25) is 0 Å². The van der Waals surface area contributed by atoms with E-state index < -0.39 is 41.2 Å². The summed E-state index contributed by atoms with van der Waals surface area (Å²) in [6.07, 6.45) is -2.27. The maximum Gasteiger partial charge on any atom is 0.416 e. The highest BCUT2D eigenvalue weighted by Gasteiger charge is 2.41. The third kappa shape index (κ3) is 9.42. The summed E-state index contributed by atoms with van der Waals surface area (Å²) >= 11 is 0. The molecule has 1 amide bonds. The zero-order valence-corrected chi connectivity index (χ0v) is 28.6. The molecule has 0 saturated carbocycles. The summed E-state index contributed by atoms with van der Waals surface area (Å²) in [4.78, 5) is 20.5. The predicted octanol–water partition coefficient (Wildman–Crippen LogP) is 7.96. The number of likely N-dealkylation sites (tertiary alicyclic amines) is 3. The fourth-order valence-electron chi connectivity index (χ4n) is 7.88. The van der Waals surface area contributed by atoms with E-state index in [1.807, 2.05) is 32.0 Å². The third-order valence-electron chi connectivity index (χ3n) is 10.5. The molecule has 0 spiro atoms. The van der Waals surface area contributed by atoms with E-state index in [-0.39, 0.29) is 11.6 Å². The van der Waals surface area contributed by atoms with Gasteiger partial charge in [0.1, 0.15) is 0 Å². The van der Waals surface area contributed by atoms with Crippen molar-refractivity contribution in [2.24, 2.45) is 0 Å². The summed E-state index contributed by atoms with van der Waals surface area (Å²) in [5, 5.41) is 0. The minimum atomic E-state index is -4.98. The van der Waals surface area contributed by atoms with Crippen LogP contribution in [0.5, 0.6) is 11.5 Å². The average Bonchev–Trinajstić information content (AvgIpc) is 3.08. The summed E-state index contributed by atoms with van der Waals surface area (Å²) < 4.78 is 93.1. The number of alkyl halides is 6. The Bertz CT molecular complexity index is 1370. The normalized spacial score (nSPS) is 21.9. The standard InChI is InChI=1S/C37H49F6N3O3/c1-3-48-32-10-9-28(25-33(32)49-4-2)35(14-20-44-18-11-31(12-19-44)45-15-6-5-7-16-45)13-8-17-46(26-35)34(47)23-27-21-29(36(38,39)40)24-30(22-27)37(41,42)43/h9-10,21-22,24-25,31H,3-8,11-20,23,26H2,1-2H3/t35-/m1/s1. The summed E-state index contributed by atoms with van der Waals surface area (Å²) in [7, 11) is 0. The fraction of sp³-hybridized carbons (Fsp3) is 0.649. The van der Waals surface area contributed by atoms with E-state index in [9.17, 15) is 31.1 Å². The Kier molecular flexibility index (Phi) is 12.1. The van der Waals surface area contributed by atoms with Gasteiger partial charge >= 0.3 is 12.4 Å². The Morgan fingerprint density at radius 3 is 2.04 bits per heavy atom. The number of benzene rings is 2. The minimum absolute atomic E-state index is 0.0944. The van der Waals surface area contributed by atoms with E-state index in [1.165, 1.54) is 32.4 Å². The average molecular weight is 698 g/mol. The molecule has 3 aliphatic heterocycles. The van der Waals surface area contributed by atoms with Crippen LogP contribution >= 0.6 is 0 Å². The molecule has 3 saturated heterocycles. The van der Waals surface area contributed by atoms with E-state index in [0.29, 0.717) is 62.4 Å². The number of nitrogens with zero attached hydrogens (tertiary/aromatic N) is 3. The van der Waals surface area contributed by atoms with Gasteiger partial charge in [0.05, 0.1) is 30.8 Å². The smallest absolute Gasteiger partial charge is 0.416 e. The van der Waals surface area contributed by atoms with Gasteiger partial charge in [-0.05, 0) is 133 Å². The molecule has 3 fully saturated rings. The maximum absolute atomic E-state index is 13.7. The molecule has 0 unspecified atom stereocenters. The van der Waals surface area contributed by atoms with Gasteiger partial charge in [0.2, 0.25) is 5.91 Å². The lowest BCUT2D eigenvalue weighted by molar-refractivity contribution is -0.143. The number of rotatable bonds is 11. The second-order valence-corrected chi connectivity index (χ2v) is 13.7. The van der Waals surface area contributed by atoms with Crippen molar-refractivity contribution >= 4 is 5.91 Å². The largest absolute Gasteiger partial charge is 0.490 e. The summed E-state index contributed by atoms with van der Waals surface area (Å²) in [5.41, 5.74) is -2.64. The first-order valence-corrected chi connectivity index (χ1v) is 17.7. The lowest BCUT2D eigenvalue weighted by Crippen LogP contribution is -2.51. The molecule has 2 aromatic carbocycles. The van der Waals surface area contributed by atoms with Gasteiger partial charge in [0.15, 0.2) is 11.5 Å². The van der Waals surface area contributed by atoms with Crippen molar-refractivity contribution < 1.29 is 40.6 Å². The number of carbonyl (C=O) groups excluding carboxylic acids is 1. The summed E-state index contributed by atoms with van der Waals surface area (Å²) in [5.74, 6) is 0.738. The molecule has 0 N–H and O–H groups in total. The van der Waals surface area contributed by atoms with Crippen LogP contribution in [0.4, 0.5) is 26.3 Å². The number of hydrogen-bond acceptors (Lipinski definition) is 5. The molecule has 6 nitrogen and oxygen atoms in total. The van der Waals surface area contributed by atoms with Crippen LogP contribution in [-0.4, -0.2) is 85.7 Å². The van der Waals surface area contributed by atoms with Crippen molar-refractivity contribution in [1.82, 2.24) is 14.7 Å². The molecule has 3 aliphatic rings. The van der Waals surface area contributed by atoms with Gasteiger partial charge in [-0.15, -0.1) is 0 Å². The van der Waals surface area contributed by atoms with Crippen molar-refractivity contribution in [3.63, 3.8) is 0 Å². The number of halogens is 6.